The van der Waals surface area contributed by atoms with E-state index in [0.717, 1.165) is 4.47 Å². The van der Waals surface area contributed by atoms with Crippen LogP contribution < -0.4 is 11.1 Å². The number of methoxy groups -OCH3 is 1. The Kier molecular flexibility index (Phi) is 4.54. The first kappa shape index (κ1) is 14.0. The zero-order chi connectivity index (χ0) is 13.1. The summed E-state index contributed by atoms with van der Waals surface area (Å²) in [4.78, 5) is 11.7. The first-order valence-electron chi connectivity index (χ1n) is 5.24. The minimum atomic E-state index is -0.463. The molecule has 5 heteroatoms. The van der Waals surface area contributed by atoms with Crippen LogP contribution in [0.3, 0.4) is 0 Å². The summed E-state index contributed by atoms with van der Waals surface area (Å²) in [6.45, 7) is 3.73. The fourth-order valence-corrected chi connectivity index (χ4v) is 1.65. The van der Waals surface area contributed by atoms with Crippen LogP contribution in [0.5, 0.6) is 0 Å². The van der Waals surface area contributed by atoms with E-state index in [0.29, 0.717) is 17.8 Å². The number of anilines is 2. The maximum Gasteiger partial charge on any atom is 0.227 e. The van der Waals surface area contributed by atoms with Crippen LogP contribution in [0.2, 0.25) is 0 Å². The topological polar surface area (TPSA) is 64.3 Å². The standard InChI is InChI=1S/C12H17BrN2O2/c1-12(2,17-3)7-11(16)15-8-4-5-10(14)9(13)6-8/h4-6H,7,14H2,1-3H3,(H,15,16). The Morgan fingerprint density at radius 3 is 2.71 bits per heavy atom. The van der Waals surface area contributed by atoms with Crippen molar-refractivity contribution in [2.45, 2.75) is 25.9 Å². The number of halogens is 1. The average molecular weight is 301 g/mol. The first-order chi connectivity index (χ1) is 7.84. The molecular formula is C12H17BrN2O2. The van der Waals surface area contributed by atoms with Gasteiger partial charge in [0.15, 0.2) is 0 Å². The molecule has 0 radical (unpaired) electrons. The van der Waals surface area contributed by atoms with E-state index in [2.05, 4.69) is 21.2 Å². The lowest BCUT2D eigenvalue weighted by Gasteiger charge is -2.21. The molecule has 0 atom stereocenters. The van der Waals surface area contributed by atoms with E-state index < -0.39 is 5.60 Å². The van der Waals surface area contributed by atoms with Crippen LogP contribution in [0.15, 0.2) is 22.7 Å². The van der Waals surface area contributed by atoms with Gasteiger partial charge >= 0.3 is 0 Å². The van der Waals surface area contributed by atoms with Crippen LogP contribution in [0.1, 0.15) is 20.3 Å². The van der Waals surface area contributed by atoms with Crippen LogP contribution >= 0.6 is 15.9 Å². The third kappa shape index (κ3) is 4.36. The molecule has 1 rings (SSSR count). The summed E-state index contributed by atoms with van der Waals surface area (Å²) in [6.07, 6.45) is 0.297. The van der Waals surface area contributed by atoms with Crippen molar-refractivity contribution in [3.05, 3.63) is 22.7 Å². The fourth-order valence-electron chi connectivity index (χ4n) is 1.27. The van der Waals surface area contributed by atoms with E-state index in [1.165, 1.54) is 0 Å². The quantitative estimate of drug-likeness (QED) is 0.841. The molecular weight excluding hydrogens is 284 g/mol. The van der Waals surface area contributed by atoms with E-state index in [1.54, 1.807) is 25.3 Å². The molecule has 0 aliphatic rings. The van der Waals surface area contributed by atoms with Gasteiger partial charge in [0.1, 0.15) is 0 Å². The largest absolute Gasteiger partial charge is 0.398 e. The van der Waals surface area contributed by atoms with Gasteiger partial charge in [0.05, 0.1) is 12.0 Å². The normalized spacial score (nSPS) is 11.3. The zero-order valence-electron chi connectivity index (χ0n) is 10.2. The highest BCUT2D eigenvalue weighted by molar-refractivity contribution is 9.10. The molecule has 0 saturated carbocycles. The van der Waals surface area contributed by atoms with Crippen LogP contribution in [-0.2, 0) is 9.53 Å². The van der Waals surface area contributed by atoms with Gasteiger partial charge in [-0.25, -0.2) is 0 Å². The number of carbonyl (C=O) groups is 1. The minimum Gasteiger partial charge on any atom is -0.398 e. The molecule has 4 nitrogen and oxygen atoms in total. The highest BCUT2D eigenvalue weighted by Crippen LogP contribution is 2.23. The molecule has 1 aromatic carbocycles. The highest BCUT2D eigenvalue weighted by atomic mass is 79.9. The minimum absolute atomic E-state index is 0.0893. The Balaban J connectivity index is 2.65. The molecule has 0 bridgehead atoms. The number of nitrogens with two attached hydrogens (primary N) is 1. The van der Waals surface area contributed by atoms with Gasteiger partial charge in [-0.05, 0) is 48.0 Å². The molecule has 1 aromatic rings. The van der Waals surface area contributed by atoms with Gasteiger partial charge in [0.25, 0.3) is 0 Å². The summed E-state index contributed by atoms with van der Waals surface area (Å²) in [5, 5.41) is 2.80. The summed E-state index contributed by atoms with van der Waals surface area (Å²) in [6, 6.07) is 5.27. The summed E-state index contributed by atoms with van der Waals surface area (Å²) in [7, 11) is 1.59. The van der Waals surface area contributed by atoms with E-state index >= 15 is 0 Å². The molecule has 0 saturated heterocycles. The number of hydrogen-bond donors (Lipinski definition) is 2. The van der Waals surface area contributed by atoms with Gasteiger partial charge in [-0.3, -0.25) is 4.79 Å². The monoisotopic (exact) mass is 300 g/mol. The Morgan fingerprint density at radius 2 is 2.18 bits per heavy atom. The summed E-state index contributed by atoms with van der Waals surface area (Å²) in [5.74, 6) is -0.0893. The predicted octanol–water partition coefficient (Wildman–Crippen LogP) is 2.78. The molecule has 0 aromatic heterocycles. The Bertz CT molecular complexity index is 419. The molecule has 1 amide bonds. The molecule has 0 heterocycles. The van der Waals surface area contributed by atoms with Crippen molar-refractivity contribution in [3.8, 4) is 0 Å². The van der Waals surface area contributed by atoms with Crippen molar-refractivity contribution >= 4 is 33.2 Å². The third-order valence-corrected chi connectivity index (χ3v) is 3.11. The number of benzene rings is 1. The number of amides is 1. The average Bonchev–Trinajstić information content (AvgIpc) is 2.23. The lowest BCUT2D eigenvalue weighted by molar-refractivity contribution is -0.121. The molecule has 0 fully saturated rings. The lowest BCUT2D eigenvalue weighted by atomic mass is 10.0. The predicted molar refractivity (Wildman–Crippen MR) is 72.9 cm³/mol. The number of rotatable bonds is 4. The van der Waals surface area contributed by atoms with E-state index in [-0.39, 0.29) is 5.91 Å². The SMILES string of the molecule is COC(C)(C)CC(=O)Nc1ccc(N)c(Br)c1. The van der Waals surface area contributed by atoms with Gasteiger partial charge < -0.3 is 15.8 Å². The molecule has 17 heavy (non-hydrogen) atoms. The summed E-state index contributed by atoms with van der Waals surface area (Å²) in [5.41, 5.74) is 6.55. The van der Waals surface area contributed by atoms with Crippen LogP contribution in [0.25, 0.3) is 0 Å². The van der Waals surface area contributed by atoms with Crippen molar-refractivity contribution in [2.75, 3.05) is 18.2 Å². The van der Waals surface area contributed by atoms with E-state index in [4.69, 9.17) is 10.5 Å². The lowest BCUT2D eigenvalue weighted by Crippen LogP contribution is -2.29. The smallest absolute Gasteiger partial charge is 0.227 e. The number of carbonyl (C=O) groups excluding carboxylic acids is 1. The second-order valence-corrected chi connectivity index (χ2v) is 5.28. The zero-order valence-corrected chi connectivity index (χ0v) is 11.8. The van der Waals surface area contributed by atoms with Crippen molar-refractivity contribution in [1.82, 2.24) is 0 Å². The summed E-state index contributed by atoms with van der Waals surface area (Å²) < 4.78 is 5.96. The van der Waals surface area contributed by atoms with Gasteiger partial charge in [0, 0.05) is 23.0 Å². The molecule has 0 aliphatic heterocycles. The molecule has 0 unspecified atom stereocenters. The number of nitrogen functional groups attached to an aromatic ring is 1. The first-order valence-corrected chi connectivity index (χ1v) is 6.03. The van der Waals surface area contributed by atoms with Crippen molar-refractivity contribution < 1.29 is 9.53 Å². The molecule has 94 valence electrons. The van der Waals surface area contributed by atoms with E-state index in [1.807, 2.05) is 13.8 Å². The fraction of sp³-hybridized carbons (Fsp3) is 0.417. The van der Waals surface area contributed by atoms with Crippen molar-refractivity contribution in [1.29, 1.82) is 0 Å². The number of hydrogen-bond acceptors (Lipinski definition) is 3. The molecule has 0 spiro atoms. The van der Waals surface area contributed by atoms with Crippen LogP contribution in [0.4, 0.5) is 11.4 Å². The third-order valence-electron chi connectivity index (χ3n) is 2.42. The maximum absolute atomic E-state index is 11.7. The van der Waals surface area contributed by atoms with Gasteiger partial charge in [-0.15, -0.1) is 0 Å². The number of nitrogens with one attached hydrogen (secondary N) is 1. The molecule has 3 N–H and O–H groups in total. The van der Waals surface area contributed by atoms with E-state index in [9.17, 15) is 4.79 Å². The van der Waals surface area contributed by atoms with Gasteiger partial charge in [0.2, 0.25) is 5.91 Å². The second-order valence-electron chi connectivity index (χ2n) is 4.43. The van der Waals surface area contributed by atoms with Gasteiger partial charge in [-0.2, -0.15) is 0 Å². The van der Waals surface area contributed by atoms with Crippen LogP contribution in [0, 0.1) is 0 Å². The Morgan fingerprint density at radius 1 is 1.53 bits per heavy atom. The molecule has 0 aliphatic carbocycles. The Hall–Kier alpha value is -1.07. The van der Waals surface area contributed by atoms with Crippen molar-refractivity contribution in [3.63, 3.8) is 0 Å². The maximum atomic E-state index is 11.7. The second kappa shape index (κ2) is 5.51. The highest BCUT2D eigenvalue weighted by Gasteiger charge is 2.21. The van der Waals surface area contributed by atoms with Gasteiger partial charge in [-0.1, -0.05) is 0 Å². The van der Waals surface area contributed by atoms with Crippen molar-refractivity contribution in [2.24, 2.45) is 0 Å². The van der Waals surface area contributed by atoms with Crippen LogP contribution in [-0.4, -0.2) is 18.6 Å². The Labute approximate surface area is 110 Å². The summed E-state index contributed by atoms with van der Waals surface area (Å²) >= 11 is 3.31. The number of ether oxygens (including phenoxy) is 1.